The molecule has 0 fully saturated rings. The molecule has 2 heterocycles. The second kappa shape index (κ2) is 5.10. The number of aryl methyl sites for hydroxylation is 1. The normalized spacial score (nSPS) is 10.9. The molecule has 0 aliphatic heterocycles. The van der Waals surface area contributed by atoms with E-state index >= 15 is 0 Å². The van der Waals surface area contributed by atoms with Crippen LogP contribution in [0.2, 0.25) is 0 Å². The lowest BCUT2D eigenvalue weighted by Gasteiger charge is -2.03. The lowest BCUT2D eigenvalue weighted by Crippen LogP contribution is -1.97. The van der Waals surface area contributed by atoms with E-state index in [0.717, 1.165) is 21.3 Å². The maximum atomic E-state index is 6.15. The lowest BCUT2D eigenvalue weighted by atomic mass is 10.0. The van der Waals surface area contributed by atoms with Crippen molar-refractivity contribution >= 4 is 37.7 Å². The first-order chi connectivity index (χ1) is 9.56. The van der Waals surface area contributed by atoms with Gasteiger partial charge in [0.2, 0.25) is 0 Å². The summed E-state index contributed by atoms with van der Waals surface area (Å²) in [5.74, 6) is 1.29. The molecule has 0 amide bonds. The average Bonchev–Trinajstić information content (AvgIpc) is 2.97. The molecule has 0 atom stereocenters. The third-order valence-corrected chi connectivity index (χ3v) is 3.99. The number of halogens is 2. The number of anilines is 1. The van der Waals surface area contributed by atoms with Crippen LogP contribution < -0.4 is 5.73 Å². The molecule has 20 heavy (non-hydrogen) atoms. The highest BCUT2D eigenvalue weighted by atomic mass is 79.9. The summed E-state index contributed by atoms with van der Waals surface area (Å²) in [7, 11) is 1.82. The number of nitrogen functional groups attached to an aromatic ring is 1. The van der Waals surface area contributed by atoms with E-state index in [1.54, 1.807) is 4.68 Å². The van der Waals surface area contributed by atoms with Crippen LogP contribution in [0.3, 0.4) is 0 Å². The van der Waals surface area contributed by atoms with Crippen LogP contribution in [0.25, 0.3) is 22.6 Å². The first-order valence-corrected chi connectivity index (χ1v) is 7.49. The van der Waals surface area contributed by atoms with E-state index in [1.165, 1.54) is 0 Å². The Labute approximate surface area is 132 Å². The molecule has 102 valence electrons. The minimum Gasteiger partial charge on any atom is -0.448 e. The van der Waals surface area contributed by atoms with Gasteiger partial charge in [-0.05, 0) is 45.8 Å². The molecule has 2 N–H and O–H groups in total. The van der Waals surface area contributed by atoms with Gasteiger partial charge in [-0.3, -0.25) is 4.68 Å². The van der Waals surface area contributed by atoms with Crippen LogP contribution in [-0.4, -0.2) is 9.78 Å². The summed E-state index contributed by atoms with van der Waals surface area (Å²) < 4.78 is 8.94. The predicted octanol–water partition coefficient (Wildman–Crippen LogP) is 4.45. The van der Waals surface area contributed by atoms with E-state index in [9.17, 15) is 0 Å². The summed E-state index contributed by atoms with van der Waals surface area (Å²) in [5.41, 5.74) is 8.77. The number of nitrogens with two attached hydrogens (primary N) is 1. The van der Waals surface area contributed by atoms with Gasteiger partial charge in [0, 0.05) is 11.5 Å². The molecular weight excluding hydrogens is 386 g/mol. The van der Waals surface area contributed by atoms with Crippen molar-refractivity contribution in [2.24, 2.45) is 7.05 Å². The van der Waals surface area contributed by atoms with Gasteiger partial charge >= 0.3 is 0 Å². The first-order valence-electron chi connectivity index (χ1n) is 5.90. The molecule has 2 aromatic heterocycles. The van der Waals surface area contributed by atoms with Crippen LogP contribution >= 0.6 is 31.9 Å². The average molecular weight is 397 g/mol. The molecule has 0 saturated carbocycles. The smallest absolute Gasteiger partial charge is 0.169 e. The van der Waals surface area contributed by atoms with Crippen LogP contribution in [0, 0.1) is 0 Å². The van der Waals surface area contributed by atoms with Crippen molar-refractivity contribution < 1.29 is 4.42 Å². The molecule has 3 rings (SSSR count). The van der Waals surface area contributed by atoms with E-state index in [2.05, 4.69) is 37.0 Å². The third-order valence-electron chi connectivity index (χ3n) is 3.03. The van der Waals surface area contributed by atoms with Gasteiger partial charge in [-0.2, -0.15) is 5.10 Å². The highest BCUT2D eigenvalue weighted by Crippen LogP contribution is 2.37. The minimum absolute atomic E-state index is 0.606. The van der Waals surface area contributed by atoms with Gasteiger partial charge in [0.1, 0.15) is 11.5 Å². The van der Waals surface area contributed by atoms with Gasteiger partial charge in [-0.25, -0.2) is 0 Å². The zero-order valence-electron chi connectivity index (χ0n) is 10.6. The van der Waals surface area contributed by atoms with E-state index < -0.39 is 0 Å². The zero-order valence-corrected chi connectivity index (χ0v) is 13.8. The van der Waals surface area contributed by atoms with Crippen LogP contribution in [0.1, 0.15) is 0 Å². The fourth-order valence-corrected chi connectivity index (χ4v) is 2.62. The van der Waals surface area contributed by atoms with Crippen molar-refractivity contribution in [3.8, 4) is 22.6 Å². The highest BCUT2D eigenvalue weighted by molar-refractivity contribution is 9.10. The lowest BCUT2D eigenvalue weighted by molar-refractivity contribution is 0.552. The Kier molecular flexibility index (Phi) is 3.43. The molecule has 4 nitrogen and oxygen atoms in total. The van der Waals surface area contributed by atoms with Crippen molar-refractivity contribution in [2.45, 2.75) is 0 Å². The molecule has 0 aliphatic carbocycles. The summed E-state index contributed by atoms with van der Waals surface area (Å²) in [5, 5.41) is 4.46. The predicted molar refractivity (Wildman–Crippen MR) is 86.2 cm³/mol. The summed E-state index contributed by atoms with van der Waals surface area (Å²) in [6.07, 6.45) is 0. The van der Waals surface area contributed by atoms with Crippen LogP contribution in [0.4, 0.5) is 5.82 Å². The van der Waals surface area contributed by atoms with E-state index in [4.69, 9.17) is 10.2 Å². The molecule has 0 saturated heterocycles. The maximum absolute atomic E-state index is 6.15. The van der Waals surface area contributed by atoms with Crippen molar-refractivity contribution in [2.75, 3.05) is 5.73 Å². The number of hydrogen-bond donors (Lipinski definition) is 1. The summed E-state index contributed by atoms with van der Waals surface area (Å²) in [6, 6.07) is 11.7. The van der Waals surface area contributed by atoms with E-state index in [-0.39, 0.29) is 0 Å². The fourth-order valence-electron chi connectivity index (χ4n) is 2.05. The first kappa shape index (κ1) is 13.5. The Morgan fingerprint density at radius 1 is 1.10 bits per heavy atom. The largest absolute Gasteiger partial charge is 0.448 e. The monoisotopic (exact) mass is 395 g/mol. The number of aromatic nitrogens is 2. The Morgan fingerprint density at radius 2 is 1.80 bits per heavy atom. The molecule has 0 aliphatic rings. The van der Waals surface area contributed by atoms with Crippen molar-refractivity contribution in [1.82, 2.24) is 9.78 Å². The van der Waals surface area contributed by atoms with E-state index in [1.807, 2.05) is 43.4 Å². The quantitative estimate of drug-likeness (QED) is 0.695. The fraction of sp³-hybridized carbons (Fsp3) is 0.0714. The molecule has 0 radical (unpaired) electrons. The number of hydrogen-bond acceptors (Lipinski definition) is 3. The Hall–Kier alpha value is -1.53. The zero-order chi connectivity index (χ0) is 14.3. The topological polar surface area (TPSA) is 57.0 Å². The Balaban J connectivity index is 2.21. The van der Waals surface area contributed by atoms with Gasteiger partial charge in [-0.1, -0.05) is 28.1 Å². The molecule has 3 aromatic rings. The molecule has 0 unspecified atom stereocenters. The van der Waals surface area contributed by atoms with Gasteiger partial charge in [-0.15, -0.1) is 0 Å². The van der Waals surface area contributed by atoms with Gasteiger partial charge < -0.3 is 10.2 Å². The minimum atomic E-state index is 0.606. The second-order valence-electron chi connectivity index (χ2n) is 4.34. The van der Waals surface area contributed by atoms with Gasteiger partial charge in [0.25, 0.3) is 0 Å². The molecule has 1 aromatic carbocycles. The summed E-state index contributed by atoms with van der Waals surface area (Å²) in [4.78, 5) is 0. The molecule has 0 bridgehead atoms. The number of rotatable bonds is 2. The summed E-state index contributed by atoms with van der Waals surface area (Å²) >= 11 is 6.74. The Morgan fingerprint density at radius 3 is 2.40 bits per heavy atom. The van der Waals surface area contributed by atoms with Gasteiger partial charge in [0.15, 0.2) is 10.4 Å². The number of benzene rings is 1. The number of nitrogens with zero attached hydrogens (tertiary/aromatic N) is 2. The highest BCUT2D eigenvalue weighted by Gasteiger charge is 2.19. The van der Waals surface area contributed by atoms with Crippen molar-refractivity contribution in [3.63, 3.8) is 0 Å². The Bertz CT molecular complexity index is 759. The van der Waals surface area contributed by atoms with Crippen LogP contribution in [-0.2, 0) is 7.05 Å². The van der Waals surface area contributed by atoms with Crippen molar-refractivity contribution in [1.29, 1.82) is 0 Å². The molecular formula is C14H11Br2N3O. The van der Waals surface area contributed by atoms with E-state index in [0.29, 0.717) is 16.2 Å². The van der Waals surface area contributed by atoms with Crippen LogP contribution in [0.5, 0.6) is 0 Å². The van der Waals surface area contributed by atoms with Crippen LogP contribution in [0.15, 0.2) is 50.0 Å². The summed E-state index contributed by atoms with van der Waals surface area (Å²) in [6.45, 7) is 0. The molecule has 0 spiro atoms. The maximum Gasteiger partial charge on any atom is 0.169 e. The van der Waals surface area contributed by atoms with Gasteiger partial charge in [0.05, 0.1) is 5.56 Å². The molecule has 6 heteroatoms. The third kappa shape index (κ3) is 2.29. The van der Waals surface area contributed by atoms with Crippen molar-refractivity contribution in [3.05, 3.63) is 45.5 Å². The second-order valence-corrected chi connectivity index (χ2v) is 6.04. The SMILES string of the molecule is Cn1nc(-c2ccc(Br)o2)c(-c2ccc(Br)cc2)c1N. The number of furan rings is 1. The standard InChI is InChI=1S/C14H11Br2N3O/c1-19-14(17)12(8-2-4-9(15)5-3-8)13(18-19)10-6-7-11(16)20-10/h2-7H,17H2,1H3.